The molecule has 0 heterocycles. The fourth-order valence-electron chi connectivity index (χ4n) is 5.63. The minimum absolute atomic E-state index is 0.0853. The van der Waals surface area contributed by atoms with Crippen molar-refractivity contribution in [2.45, 2.75) is 5.92 Å². The molecule has 1 nitrogen and oxygen atoms in total. The summed E-state index contributed by atoms with van der Waals surface area (Å²) in [4.78, 5) is 0. The van der Waals surface area contributed by atoms with Crippen molar-refractivity contribution >= 4 is 38.4 Å². The van der Waals surface area contributed by atoms with Gasteiger partial charge in [-0.1, -0.05) is 127 Å². The normalized spacial score (nSPS) is 14.4. The van der Waals surface area contributed by atoms with Gasteiger partial charge in [0.05, 0.1) is 5.92 Å². The first-order chi connectivity index (χ1) is 17.8. The third-order valence-electron chi connectivity index (χ3n) is 7.22. The Labute approximate surface area is 210 Å². The van der Waals surface area contributed by atoms with E-state index in [0.29, 0.717) is 0 Å². The molecule has 6 aromatic rings. The highest BCUT2D eigenvalue weighted by atomic mass is 16.3. The molecule has 36 heavy (non-hydrogen) atoms. The number of phenolic OH excluding ortho intramolecular Hbond substituents is 1. The monoisotopic (exact) mass is 458 g/mol. The Hall–Kier alpha value is -4.80. The summed E-state index contributed by atoms with van der Waals surface area (Å²) in [6.07, 6.45) is 4.36. The summed E-state index contributed by atoms with van der Waals surface area (Å²) in [7, 11) is 0. The fraction of sp³-hybridized carbons (Fsp3) is 0.0286. The van der Waals surface area contributed by atoms with Crippen molar-refractivity contribution in [3.63, 3.8) is 0 Å². The molecule has 168 valence electrons. The first-order valence-corrected chi connectivity index (χ1v) is 12.2. The highest BCUT2D eigenvalue weighted by molar-refractivity contribution is 6.15. The number of fused-ring (bicyclic) bond motifs is 5. The van der Waals surface area contributed by atoms with E-state index in [1.807, 2.05) is 12.1 Å². The van der Waals surface area contributed by atoms with Gasteiger partial charge in [-0.25, -0.2) is 0 Å². The van der Waals surface area contributed by atoms with Gasteiger partial charge in [0, 0.05) is 10.9 Å². The maximum absolute atomic E-state index is 10.6. The Bertz CT molecular complexity index is 1840. The van der Waals surface area contributed by atoms with Gasteiger partial charge in [-0.05, 0) is 55.3 Å². The standard InChI is InChI=1S/C35H22O/c36-32-16-8-11-25-19-17-23-18-20-26(21-22-27(23)35(25)32)34-30-14-6-4-12-28(30)33(24-9-2-1-3-10-24)29-13-5-7-15-31(29)34/h1-20,26,36H. The van der Waals surface area contributed by atoms with Crippen LogP contribution >= 0.6 is 0 Å². The summed E-state index contributed by atoms with van der Waals surface area (Å²) in [6.45, 7) is 0. The molecule has 1 aliphatic carbocycles. The molecule has 0 amide bonds. The Morgan fingerprint density at radius 3 is 2.00 bits per heavy atom. The van der Waals surface area contributed by atoms with E-state index in [0.717, 1.165) is 21.9 Å². The summed E-state index contributed by atoms with van der Waals surface area (Å²) in [5.74, 6) is 7.22. The predicted octanol–water partition coefficient (Wildman–Crippen LogP) is 8.68. The topological polar surface area (TPSA) is 20.2 Å². The summed E-state index contributed by atoms with van der Waals surface area (Å²) < 4.78 is 0. The molecule has 1 atom stereocenters. The Balaban J connectivity index is 1.53. The molecule has 1 heteroatoms. The minimum Gasteiger partial charge on any atom is -0.507 e. The van der Waals surface area contributed by atoms with Gasteiger partial charge in [0.1, 0.15) is 5.75 Å². The van der Waals surface area contributed by atoms with E-state index in [-0.39, 0.29) is 11.7 Å². The number of benzene rings is 6. The number of hydrogen-bond acceptors (Lipinski definition) is 1. The van der Waals surface area contributed by atoms with Gasteiger partial charge in [-0.3, -0.25) is 0 Å². The zero-order valence-corrected chi connectivity index (χ0v) is 19.6. The van der Waals surface area contributed by atoms with Gasteiger partial charge in [-0.15, -0.1) is 0 Å². The van der Waals surface area contributed by atoms with Gasteiger partial charge in [0.15, 0.2) is 0 Å². The fourth-order valence-corrected chi connectivity index (χ4v) is 5.63. The zero-order valence-electron chi connectivity index (χ0n) is 19.6. The SMILES string of the molecule is Oc1cccc2ccc3c(c12)C#CC(c1c2ccccc2c(-c2ccccc2)c2ccccc12)C=C3. The van der Waals surface area contributed by atoms with E-state index in [9.17, 15) is 5.11 Å². The van der Waals surface area contributed by atoms with E-state index in [4.69, 9.17) is 0 Å². The van der Waals surface area contributed by atoms with Crippen LogP contribution in [0, 0.1) is 11.8 Å². The number of aromatic hydroxyl groups is 1. The second kappa shape index (κ2) is 8.15. The van der Waals surface area contributed by atoms with E-state index in [1.54, 1.807) is 6.07 Å². The van der Waals surface area contributed by atoms with Gasteiger partial charge in [-0.2, -0.15) is 0 Å². The second-order valence-electron chi connectivity index (χ2n) is 9.26. The molecule has 1 aliphatic rings. The van der Waals surface area contributed by atoms with Crippen LogP contribution in [0.2, 0.25) is 0 Å². The van der Waals surface area contributed by atoms with Crippen molar-refractivity contribution in [1.82, 2.24) is 0 Å². The molecule has 0 spiro atoms. The van der Waals surface area contributed by atoms with Crippen molar-refractivity contribution in [3.05, 3.63) is 132 Å². The van der Waals surface area contributed by atoms with Gasteiger partial charge < -0.3 is 5.11 Å². The quantitative estimate of drug-likeness (QED) is 0.203. The number of allylic oxidation sites excluding steroid dienone is 1. The average Bonchev–Trinajstić information content (AvgIpc) is 3.15. The zero-order chi connectivity index (χ0) is 24.1. The molecule has 0 bridgehead atoms. The van der Waals surface area contributed by atoms with Crippen molar-refractivity contribution < 1.29 is 5.11 Å². The van der Waals surface area contributed by atoms with Crippen LogP contribution in [0.15, 0.2) is 115 Å². The lowest BCUT2D eigenvalue weighted by Gasteiger charge is -2.19. The predicted molar refractivity (Wildman–Crippen MR) is 151 cm³/mol. The van der Waals surface area contributed by atoms with Crippen LogP contribution in [-0.2, 0) is 0 Å². The molecular formula is C35H22O. The first kappa shape index (κ1) is 20.6. The molecule has 1 N–H and O–H groups in total. The van der Waals surface area contributed by atoms with Crippen LogP contribution in [0.3, 0.4) is 0 Å². The van der Waals surface area contributed by atoms with Gasteiger partial charge in [0.2, 0.25) is 0 Å². The van der Waals surface area contributed by atoms with Crippen molar-refractivity contribution in [2.24, 2.45) is 0 Å². The smallest absolute Gasteiger partial charge is 0.124 e. The largest absolute Gasteiger partial charge is 0.507 e. The average molecular weight is 459 g/mol. The molecule has 0 saturated carbocycles. The molecule has 1 unspecified atom stereocenters. The third kappa shape index (κ3) is 3.13. The number of rotatable bonds is 2. The summed E-state index contributed by atoms with van der Waals surface area (Å²) in [5, 5.41) is 17.4. The highest BCUT2D eigenvalue weighted by Crippen LogP contribution is 2.43. The van der Waals surface area contributed by atoms with Crippen molar-refractivity contribution in [3.8, 4) is 28.7 Å². The lowest BCUT2D eigenvalue weighted by atomic mass is 9.84. The summed E-state index contributed by atoms with van der Waals surface area (Å²) in [6, 6.07) is 37.8. The van der Waals surface area contributed by atoms with E-state index in [1.165, 1.54) is 38.2 Å². The molecule has 0 radical (unpaired) electrons. The van der Waals surface area contributed by atoms with Crippen LogP contribution in [0.1, 0.15) is 22.6 Å². The Kier molecular flexibility index (Phi) is 4.66. The molecule has 7 rings (SSSR count). The number of phenols is 1. The lowest BCUT2D eigenvalue weighted by molar-refractivity contribution is 0.481. The van der Waals surface area contributed by atoms with Gasteiger partial charge in [0.25, 0.3) is 0 Å². The molecule has 6 aromatic carbocycles. The second-order valence-corrected chi connectivity index (χ2v) is 9.26. The highest BCUT2D eigenvalue weighted by Gasteiger charge is 2.20. The minimum atomic E-state index is -0.0853. The first-order valence-electron chi connectivity index (χ1n) is 12.2. The summed E-state index contributed by atoms with van der Waals surface area (Å²) in [5.41, 5.74) is 5.63. The van der Waals surface area contributed by atoms with Crippen molar-refractivity contribution in [1.29, 1.82) is 0 Å². The third-order valence-corrected chi connectivity index (χ3v) is 7.22. The Morgan fingerprint density at radius 2 is 1.28 bits per heavy atom. The molecule has 0 fully saturated rings. The van der Waals surface area contributed by atoms with E-state index in [2.05, 4.69) is 115 Å². The maximum Gasteiger partial charge on any atom is 0.124 e. The molecule has 0 aromatic heterocycles. The van der Waals surface area contributed by atoms with Crippen LogP contribution in [-0.4, -0.2) is 5.11 Å². The van der Waals surface area contributed by atoms with Crippen LogP contribution < -0.4 is 0 Å². The molecular weight excluding hydrogens is 436 g/mol. The van der Waals surface area contributed by atoms with Gasteiger partial charge >= 0.3 is 0 Å². The van der Waals surface area contributed by atoms with Crippen molar-refractivity contribution in [2.75, 3.05) is 0 Å². The summed E-state index contributed by atoms with van der Waals surface area (Å²) >= 11 is 0. The van der Waals surface area contributed by atoms with Crippen LogP contribution in [0.4, 0.5) is 0 Å². The van der Waals surface area contributed by atoms with Crippen LogP contribution in [0.5, 0.6) is 5.75 Å². The van der Waals surface area contributed by atoms with E-state index < -0.39 is 0 Å². The number of hydrogen-bond donors (Lipinski definition) is 1. The molecule has 0 saturated heterocycles. The maximum atomic E-state index is 10.6. The Morgan fingerprint density at radius 1 is 0.611 bits per heavy atom. The van der Waals surface area contributed by atoms with Crippen LogP contribution in [0.25, 0.3) is 49.5 Å². The van der Waals surface area contributed by atoms with E-state index >= 15 is 0 Å². The lowest BCUT2D eigenvalue weighted by Crippen LogP contribution is -1.98. The molecule has 0 aliphatic heterocycles.